The molecule has 0 aliphatic heterocycles. The molecule has 0 amide bonds. The second-order valence-electron chi connectivity index (χ2n) is 4.42. The fraction of sp³-hybridized carbons (Fsp3) is 0.188. The van der Waals surface area contributed by atoms with E-state index in [-0.39, 0.29) is 22.8 Å². The molecule has 0 bridgehead atoms. The van der Waals surface area contributed by atoms with E-state index >= 15 is 0 Å². The quantitative estimate of drug-likeness (QED) is 0.919. The highest BCUT2D eigenvalue weighted by atomic mass is 16.5. The number of ether oxygens (including phenoxy) is 3. The van der Waals surface area contributed by atoms with Gasteiger partial charge < -0.3 is 19.9 Å². The standard InChI is InChI=1S/C16H14N4O3/c1-21-9-4-5-10(13(6-9)22-2)14-11(7-17)15(19)20-16(23-3)12(14)8-18/h4-6H,1-3H3,(H2,19,20). The molecule has 0 aliphatic carbocycles. The van der Waals surface area contributed by atoms with Gasteiger partial charge in [0.15, 0.2) is 0 Å². The van der Waals surface area contributed by atoms with Crippen LogP contribution in [-0.4, -0.2) is 26.3 Å². The van der Waals surface area contributed by atoms with Crippen LogP contribution in [0.3, 0.4) is 0 Å². The normalized spacial score (nSPS) is 9.61. The third-order valence-electron chi connectivity index (χ3n) is 3.29. The van der Waals surface area contributed by atoms with Crippen LogP contribution in [0.1, 0.15) is 11.1 Å². The number of nitrogens with zero attached hydrogens (tertiary/aromatic N) is 3. The number of pyridine rings is 1. The number of methoxy groups -OCH3 is 3. The minimum Gasteiger partial charge on any atom is -0.497 e. The monoisotopic (exact) mass is 310 g/mol. The van der Waals surface area contributed by atoms with Crippen molar-refractivity contribution in [2.24, 2.45) is 0 Å². The molecule has 7 nitrogen and oxygen atoms in total. The number of rotatable bonds is 4. The fourth-order valence-electron chi connectivity index (χ4n) is 2.22. The van der Waals surface area contributed by atoms with Crippen LogP contribution in [0, 0.1) is 22.7 Å². The van der Waals surface area contributed by atoms with Gasteiger partial charge in [-0.05, 0) is 12.1 Å². The lowest BCUT2D eigenvalue weighted by Gasteiger charge is -2.15. The molecular weight excluding hydrogens is 296 g/mol. The number of hydrogen-bond acceptors (Lipinski definition) is 7. The molecule has 23 heavy (non-hydrogen) atoms. The molecular formula is C16H14N4O3. The summed E-state index contributed by atoms with van der Waals surface area (Å²) in [5, 5.41) is 18.9. The highest BCUT2D eigenvalue weighted by molar-refractivity contribution is 5.85. The van der Waals surface area contributed by atoms with Gasteiger partial charge in [0.1, 0.15) is 40.6 Å². The summed E-state index contributed by atoms with van der Waals surface area (Å²) in [6.07, 6.45) is 0. The number of anilines is 1. The molecule has 1 aromatic carbocycles. The molecule has 0 spiro atoms. The van der Waals surface area contributed by atoms with E-state index in [9.17, 15) is 10.5 Å². The highest BCUT2D eigenvalue weighted by Gasteiger charge is 2.23. The van der Waals surface area contributed by atoms with Crippen LogP contribution >= 0.6 is 0 Å². The first-order valence-corrected chi connectivity index (χ1v) is 6.51. The summed E-state index contributed by atoms with van der Waals surface area (Å²) in [6, 6.07) is 9.04. The van der Waals surface area contributed by atoms with E-state index in [4.69, 9.17) is 19.9 Å². The number of benzene rings is 1. The van der Waals surface area contributed by atoms with Crippen LogP contribution in [0.2, 0.25) is 0 Å². The van der Waals surface area contributed by atoms with E-state index < -0.39 is 0 Å². The van der Waals surface area contributed by atoms with Crippen molar-refractivity contribution in [2.45, 2.75) is 0 Å². The van der Waals surface area contributed by atoms with Gasteiger partial charge in [-0.1, -0.05) is 0 Å². The largest absolute Gasteiger partial charge is 0.497 e. The third-order valence-corrected chi connectivity index (χ3v) is 3.29. The SMILES string of the molecule is COc1ccc(-c2c(C#N)c(N)nc(OC)c2C#N)c(OC)c1. The van der Waals surface area contributed by atoms with Gasteiger partial charge in [0.05, 0.1) is 21.3 Å². The summed E-state index contributed by atoms with van der Waals surface area (Å²) in [7, 11) is 4.39. The smallest absolute Gasteiger partial charge is 0.234 e. The van der Waals surface area contributed by atoms with Gasteiger partial charge in [0.25, 0.3) is 0 Å². The van der Waals surface area contributed by atoms with Gasteiger partial charge in [0, 0.05) is 17.2 Å². The number of nitriles is 2. The van der Waals surface area contributed by atoms with Crippen LogP contribution in [0.5, 0.6) is 17.4 Å². The molecule has 7 heteroatoms. The van der Waals surface area contributed by atoms with Gasteiger partial charge in [-0.25, -0.2) is 0 Å². The summed E-state index contributed by atoms with van der Waals surface area (Å²) in [4.78, 5) is 3.95. The summed E-state index contributed by atoms with van der Waals surface area (Å²) in [5.41, 5.74) is 6.87. The molecule has 0 saturated carbocycles. The van der Waals surface area contributed by atoms with Crippen LogP contribution < -0.4 is 19.9 Å². The first-order chi connectivity index (χ1) is 11.1. The molecule has 1 heterocycles. The van der Waals surface area contributed by atoms with Crippen molar-refractivity contribution in [1.29, 1.82) is 10.5 Å². The zero-order valence-electron chi connectivity index (χ0n) is 12.9. The van der Waals surface area contributed by atoms with E-state index in [0.29, 0.717) is 22.6 Å². The average molecular weight is 310 g/mol. The molecule has 116 valence electrons. The van der Waals surface area contributed by atoms with Crippen LogP contribution in [0.4, 0.5) is 5.82 Å². The molecule has 0 unspecified atom stereocenters. The zero-order valence-corrected chi connectivity index (χ0v) is 12.9. The number of aromatic nitrogens is 1. The van der Waals surface area contributed by atoms with E-state index in [1.807, 2.05) is 12.1 Å². The molecule has 0 fully saturated rings. The zero-order chi connectivity index (χ0) is 17.0. The van der Waals surface area contributed by atoms with Crippen LogP contribution in [0.15, 0.2) is 18.2 Å². The predicted octanol–water partition coefficient (Wildman–Crippen LogP) is 2.10. The Balaban J connectivity index is 2.90. The van der Waals surface area contributed by atoms with Crippen molar-refractivity contribution in [2.75, 3.05) is 27.1 Å². The van der Waals surface area contributed by atoms with E-state index in [0.717, 1.165) is 0 Å². The first-order valence-electron chi connectivity index (χ1n) is 6.51. The van der Waals surface area contributed by atoms with Gasteiger partial charge in [0.2, 0.25) is 5.88 Å². The Labute approximate surface area is 133 Å². The Morgan fingerprint density at radius 2 is 1.70 bits per heavy atom. The molecule has 2 aromatic rings. The topological polar surface area (TPSA) is 114 Å². The fourth-order valence-corrected chi connectivity index (χ4v) is 2.22. The van der Waals surface area contributed by atoms with Gasteiger partial charge >= 0.3 is 0 Å². The van der Waals surface area contributed by atoms with Crippen LogP contribution in [0.25, 0.3) is 11.1 Å². The molecule has 0 aliphatic rings. The van der Waals surface area contributed by atoms with E-state index in [2.05, 4.69) is 4.98 Å². The van der Waals surface area contributed by atoms with Gasteiger partial charge in [-0.2, -0.15) is 15.5 Å². The first kappa shape index (κ1) is 15.9. The molecule has 0 radical (unpaired) electrons. The van der Waals surface area contributed by atoms with Gasteiger partial charge in [-0.3, -0.25) is 0 Å². The summed E-state index contributed by atoms with van der Waals surface area (Å²) < 4.78 is 15.6. The Morgan fingerprint density at radius 1 is 1.00 bits per heavy atom. The van der Waals surface area contributed by atoms with Crippen LogP contribution in [-0.2, 0) is 0 Å². The van der Waals surface area contributed by atoms with E-state index in [1.165, 1.54) is 21.3 Å². The maximum Gasteiger partial charge on any atom is 0.234 e. The van der Waals surface area contributed by atoms with Crippen molar-refractivity contribution in [3.8, 4) is 40.6 Å². The van der Waals surface area contributed by atoms with Crippen molar-refractivity contribution in [3.05, 3.63) is 29.3 Å². The Bertz CT molecular complexity index is 835. The predicted molar refractivity (Wildman–Crippen MR) is 83.2 cm³/mol. The molecule has 2 N–H and O–H groups in total. The Morgan fingerprint density at radius 3 is 2.22 bits per heavy atom. The number of nitrogen functional groups attached to an aromatic ring is 1. The summed E-state index contributed by atoms with van der Waals surface area (Å²) in [6.45, 7) is 0. The number of nitrogens with two attached hydrogens (primary N) is 1. The Kier molecular flexibility index (Phi) is 4.53. The van der Waals surface area contributed by atoms with Crippen molar-refractivity contribution in [3.63, 3.8) is 0 Å². The minimum atomic E-state index is -0.0174. The summed E-state index contributed by atoms with van der Waals surface area (Å²) >= 11 is 0. The third kappa shape index (κ3) is 2.68. The minimum absolute atomic E-state index is 0.0174. The van der Waals surface area contributed by atoms with Crippen molar-refractivity contribution < 1.29 is 14.2 Å². The molecule has 0 atom stereocenters. The van der Waals surface area contributed by atoms with Crippen molar-refractivity contribution in [1.82, 2.24) is 4.98 Å². The second-order valence-corrected chi connectivity index (χ2v) is 4.42. The molecule has 1 aromatic heterocycles. The second kappa shape index (κ2) is 6.54. The van der Waals surface area contributed by atoms with Gasteiger partial charge in [-0.15, -0.1) is 0 Å². The lowest BCUT2D eigenvalue weighted by Crippen LogP contribution is -2.04. The molecule has 2 rings (SSSR count). The number of hydrogen-bond donors (Lipinski definition) is 1. The van der Waals surface area contributed by atoms with Crippen molar-refractivity contribution >= 4 is 5.82 Å². The highest BCUT2D eigenvalue weighted by Crippen LogP contribution is 2.40. The lowest BCUT2D eigenvalue weighted by molar-refractivity contribution is 0.394. The molecule has 0 saturated heterocycles. The van der Waals surface area contributed by atoms with E-state index in [1.54, 1.807) is 18.2 Å². The lowest BCUT2D eigenvalue weighted by atomic mass is 9.95. The maximum absolute atomic E-state index is 9.48. The average Bonchev–Trinajstić information content (AvgIpc) is 2.59. The maximum atomic E-state index is 9.48. The summed E-state index contributed by atoms with van der Waals surface area (Å²) in [5.74, 6) is 1.05. The Hall–Kier alpha value is -3.45.